The van der Waals surface area contributed by atoms with E-state index < -0.39 is 0 Å². The van der Waals surface area contributed by atoms with Gasteiger partial charge in [0.25, 0.3) is 0 Å². The van der Waals surface area contributed by atoms with Gasteiger partial charge in [-0.15, -0.1) is 0 Å². The smallest absolute Gasteiger partial charge is 0.224 e. The largest absolute Gasteiger partial charge is 0.352 e. The zero-order chi connectivity index (χ0) is 13.0. The Bertz CT molecular complexity index is 433. The predicted molar refractivity (Wildman–Crippen MR) is 71.8 cm³/mol. The second-order valence-corrected chi connectivity index (χ2v) is 5.39. The lowest BCUT2D eigenvalue weighted by molar-refractivity contribution is -0.121. The van der Waals surface area contributed by atoms with E-state index in [-0.39, 0.29) is 24.2 Å². The van der Waals surface area contributed by atoms with E-state index in [9.17, 15) is 9.18 Å². The van der Waals surface area contributed by atoms with Gasteiger partial charge in [0.15, 0.2) is 0 Å². The van der Waals surface area contributed by atoms with E-state index in [2.05, 4.69) is 26.6 Å². The first-order valence-corrected chi connectivity index (χ1v) is 6.88. The van der Waals surface area contributed by atoms with Crippen molar-refractivity contribution < 1.29 is 9.18 Å². The fourth-order valence-corrected chi connectivity index (χ4v) is 2.51. The second-order valence-electron chi connectivity index (χ2n) is 4.54. The van der Waals surface area contributed by atoms with Crippen LogP contribution in [0.15, 0.2) is 22.7 Å². The molecule has 1 amide bonds. The molecular weight excluding hydrogens is 299 g/mol. The van der Waals surface area contributed by atoms with Gasteiger partial charge in [-0.3, -0.25) is 4.79 Å². The third kappa shape index (κ3) is 3.78. The third-order valence-electron chi connectivity index (χ3n) is 3.01. The van der Waals surface area contributed by atoms with Crippen LogP contribution in [0.5, 0.6) is 0 Å². The van der Waals surface area contributed by atoms with Crippen LogP contribution < -0.4 is 10.6 Å². The summed E-state index contributed by atoms with van der Waals surface area (Å²) in [4.78, 5) is 11.8. The summed E-state index contributed by atoms with van der Waals surface area (Å²) >= 11 is 3.12. The minimum absolute atomic E-state index is 0.0118. The Morgan fingerprint density at radius 1 is 1.56 bits per heavy atom. The summed E-state index contributed by atoms with van der Waals surface area (Å²) < 4.78 is 13.4. The van der Waals surface area contributed by atoms with E-state index in [0.29, 0.717) is 4.47 Å². The molecular formula is C13H16BrFN2O. The fourth-order valence-electron chi connectivity index (χ4n) is 2.09. The molecule has 1 aromatic rings. The molecule has 1 fully saturated rings. The van der Waals surface area contributed by atoms with Crippen LogP contribution in [-0.2, 0) is 11.2 Å². The number of carbonyl (C=O) groups excluding carboxylic acids is 1. The van der Waals surface area contributed by atoms with Crippen molar-refractivity contribution >= 4 is 21.8 Å². The minimum atomic E-state index is -0.310. The van der Waals surface area contributed by atoms with Crippen LogP contribution in [0.3, 0.4) is 0 Å². The van der Waals surface area contributed by atoms with Crippen LogP contribution in [0, 0.1) is 5.82 Å². The molecule has 0 radical (unpaired) electrons. The number of rotatable bonds is 3. The Kier molecular flexibility index (Phi) is 4.72. The van der Waals surface area contributed by atoms with E-state index in [4.69, 9.17) is 0 Å². The zero-order valence-electron chi connectivity index (χ0n) is 10.0. The maximum absolute atomic E-state index is 13.1. The highest BCUT2D eigenvalue weighted by atomic mass is 79.9. The van der Waals surface area contributed by atoms with E-state index in [0.717, 1.165) is 31.5 Å². The van der Waals surface area contributed by atoms with Crippen LogP contribution in [0.1, 0.15) is 18.4 Å². The van der Waals surface area contributed by atoms with Gasteiger partial charge in [0.1, 0.15) is 5.82 Å². The molecule has 1 aliphatic heterocycles. The molecule has 0 spiro atoms. The summed E-state index contributed by atoms with van der Waals surface area (Å²) in [6.07, 6.45) is 2.40. The van der Waals surface area contributed by atoms with Gasteiger partial charge in [-0.2, -0.15) is 0 Å². The quantitative estimate of drug-likeness (QED) is 0.896. The highest BCUT2D eigenvalue weighted by Crippen LogP contribution is 2.17. The average Bonchev–Trinajstić information content (AvgIpc) is 2.35. The number of benzene rings is 1. The summed E-state index contributed by atoms with van der Waals surface area (Å²) in [5.74, 6) is -0.321. The molecule has 98 valence electrons. The zero-order valence-corrected chi connectivity index (χ0v) is 11.6. The van der Waals surface area contributed by atoms with E-state index in [1.807, 2.05) is 0 Å². The van der Waals surface area contributed by atoms with Crippen molar-refractivity contribution in [2.45, 2.75) is 25.3 Å². The molecule has 0 aromatic heterocycles. The maximum Gasteiger partial charge on any atom is 0.224 e. The molecule has 0 saturated carbocycles. The van der Waals surface area contributed by atoms with Gasteiger partial charge in [-0.25, -0.2) is 4.39 Å². The van der Waals surface area contributed by atoms with Crippen molar-refractivity contribution in [2.75, 3.05) is 13.1 Å². The molecule has 1 aliphatic rings. The number of piperidine rings is 1. The summed E-state index contributed by atoms with van der Waals surface area (Å²) in [7, 11) is 0. The van der Waals surface area contributed by atoms with Gasteiger partial charge < -0.3 is 10.6 Å². The van der Waals surface area contributed by atoms with Crippen molar-refractivity contribution in [3.8, 4) is 0 Å². The number of hydrogen-bond acceptors (Lipinski definition) is 2. The van der Waals surface area contributed by atoms with Crippen LogP contribution in [0.2, 0.25) is 0 Å². The van der Waals surface area contributed by atoms with E-state index >= 15 is 0 Å². The van der Waals surface area contributed by atoms with E-state index in [1.165, 1.54) is 6.07 Å². The first-order chi connectivity index (χ1) is 8.65. The van der Waals surface area contributed by atoms with Gasteiger partial charge in [-0.05, 0) is 53.0 Å². The topological polar surface area (TPSA) is 41.1 Å². The highest BCUT2D eigenvalue weighted by Gasteiger charge is 2.15. The molecule has 18 heavy (non-hydrogen) atoms. The molecule has 1 saturated heterocycles. The van der Waals surface area contributed by atoms with Gasteiger partial charge in [-0.1, -0.05) is 6.07 Å². The summed E-state index contributed by atoms with van der Waals surface area (Å²) in [6, 6.07) is 4.87. The van der Waals surface area contributed by atoms with Crippen molar-refractivity contribution in [1.29, 1.82) is 0 Å². The van der Waals surface area contributed by atoms with Crippen molar-refractivity contribution in [1.82, 2.24) is 10.6 Å². The Hall–Kier alpha value is -0.940. The number of halogens is 2. The molecule has 2 N–H and O–H groups in total. The molecule has 1 aromatic carbocycles. The molecule has 0 aliphatic carbocycles. The van der Waals surface area contributed by atoms with Crippen LogP contribution in [-0.4, -0.2) is 25.0 Å². The van der Waals surface area contributed by atoms with Gasteiger partial charge >= 0.3 is 0 Å². The van der Waals surface area contributed by atoms with Gasteiger partial charge in [0.05, 0.1) is 10.9 Å². The normalized spacial score (nSPS) is 19.6. The standard InChI is InChI=1S/C13H16BrFN2O/c14-11-6-9(3-4-12(11)15)7-13(18)17-10-2-1-5-16-8-10/h3-4,6,10,16H,1-2,5,7-8H2,(H,17,18)/t10-/m1/s1. The SMILES string of the molecule is O=C(Cc1ccc(F)c(Br)c1)N[C@@H]1CCCNC1. The Morgan fingerprint density at radius 2 is 2.39 bits per heavy atom. The molecule has 0 unspecified atom stereocenters. The third-order valence-corrected chi connectivity index (χ3v) is 3.62. The summed E-state index contributed by atoms with van der Waals surface area (Å²) in [5.41, 5.74) is 0.810. The minimum Gasteiger partial charge on any atom is -0.352 e. The van der Waals surface area contributed by atoms with Gasteiger partial charge in [0.2, 0.25) is 5.91 Å². The van der Waals surface area contributed by atoms with Gasteiger partial charge in [0, 0.05) is 12.6 Å². The Balaban J connectivity index is 1.88. The summed E-state index contributed by atoms with van der Waals surface area (Å²) in [6.45, 7) is 1.86. The molecule has 1 heterocycles. The van der Waals surface area contributed by atoms with Crippen molar-refractivity contribution in [3.05, 3.63) is 34.1 Å². The number of carbonyl (C=O) groups is 1. The Morgan fingerprint density at radius 3 is 3.06 bits per heavy atom. The van der Waals surface area contributed by atoms with Crippen LogP contribution >= 0.6 is 15.9 Å². The molecule has 5 heteroatoms. The molecule has 0 bridgehead atoms. The molecule has 3 nitrogen and oxygen atoms in total. The number of nitrogens with one attached hydrogen (secondary N) is 2. The van der Waals surface area contributed by atoms with Crippen LogP contribution in [0.25, 0.3) is 0 Å². The van der Waals surface area contributed by atoms with Crippen molar-refractivity contribution in [2.24, 2.45) is 0 Å². The predicted octanol–water partition coefficient (Wildman–Crippen LogP) is 2.00. The monoisotopic (exact) mass is 314 g/mol. The fraction of sp³-hybridized carbons (Fsp3) is 0.462. The maximum atomic E-state index is 13.1. The summed E-state index contributed by atoms with van der Waals surface area (Å²) in [5, 5.41) is 6.24. The average molecular weight is 315 g/mol. The Labute approximate surface area is 114 Å². The second kappa shape index (κ2) is 6.29. The number of hydrogen-bond donors (Lipinski definition) is 2. The molecule has 1 atom stereocenters. The van der Waals surface area contributed by atoms with Crippen LogP contribution in [0.4, 0.5) is 4.39 Å². The molecule has 2 rings (SSSR count). The highest BCUT2D eigenvalue weighted by molar-refractivity contribution is 9.10. The number of amides is 1. The first kappa shape index (κ1) is 13.5. The first-order valence-electron chi connectivity index (χ1n) is 6.09. The lowest BCUT2D eigenvalue weighted by atomic mass is 10.1. The van der Waals surface area contributed by atoms with E-state index in [1.54, 1.807) is 12.1 Å². The van der Waals surface area contributed by atoms with Crippen molar-refractivity contribution in [3.63, 3.8) is 0 Å². The lowest BCUT2D eigenvalue weighted by Crippen LogP contribution is -2.46. The lowest BCUT2D eigenvalue weighted by Gasteiger charge is -2.23.